The molecule has 0 radical (unpaired) electrons. The van der Waals surface area contributed by atoms with Gasteiger partial charge in [0.2, 0.25) is 5.91 Å². The van der Waals surface area contributed by atoms with Crippen molar-refractivity contribution >= 4 is 11.9 Å². The summed E-state index contributed by atoms with van der Waals surface area (Å²) in [6.45, 7) is 4.69. The van der Waals surface area contributed by atoms with Crippen LogP contribution in [0.5, 0.6) is 0 Å². The van der Waals surface area contributed by atoms with E-state index < -0.39 is 17.3 Å². The number of hydrogen-bond donors (Lipinski definition) is 2. The first-order valence-electron chi connectivity index (χ1n) is 5.17. The van der Waals surface area contributed by atoms with Crippen molar-refractivity contribution in [2.24, 2.45) is 17.1 Å². The second kappa shape index (κ2) is 4.18. The highest BCUT2D eigenvalue weighted by Crippen LogP contribution is 2.27. The van der Waals surface area contributed by atoms with E-state index in [4.69, 9.17) is 10.8 Å². The van der Waals surface area contributed by atoms with Crippen molar-refractivity contribution in [2.75, 3.05) is 19.6 Å². The Bertz CT molecular complexity index is 268. The number of rotatable bonds is 4. The highest BCUT2D eigenvalue weighted by atomic mass is 16.4. The molecule has 1 aliphatic rings. The van der Waals surface area contributed by atoms with Gasteiger partial charge in [0, 0.05) is 19.6 Å². The van der Waals surface area contributed by atoms with Crippen molar-refractivity contribution in [2.45, 2.75) is 20.3 Å². The Kier molecular flexibility index (Phi) is 3.34. The summed E-state index contributed by atoms with van der Waals surface area (Å²) in [5.41, 5.74) is 5.03. The number of aliphatic carboxylic acids is 1. The van der Waals surface area contributed by atoms with Crippen LogP contribution in [0.2, 0.25) is 0 Å². The van der Waals surface area contributed by atoms with Crippen LogP contribution >= 0.6 is 0 Å². The first-order valence-corrected chi connectivity index (χ1v) is 5.17. The van der Waals surface area contributed by atoms with Crippen LogP contribution in [0.25, 0.3) is 0 Å². The van der Waals surface area contributed by atoms with Crippen molar-refractivity contribution in [1.29, 1.82) is 0 Å². The molecule has 5 heteroatoms. The summed E-state index contributed by atoms with van der Waals surface area (Å²) in [6.07, 6.45) is 0.677. The Morgan fingerprint density at radius 3 is 2.40 bits per heavy atom. The Morgan fingerprint density at radius 1 is 1.53 bits per heavy atom. The van der Waals surface area contributed by atoms with E-state index in [1.807, 2.05) is 13.8 Å². The van der Waals surface area contributed by atoms with Crippen LogP contribution in [0.4, 0.5) is 0 Å². The average molecular weight is 214 g/mol. The predicted octanol–water partition coefficient (Wildman–Crippen LogP) is -0.0956. The summed E-state index contributed by atoms with van der Waals surface area (Å²) < 4.78 is 0. The van der Waals surface area contributed by atoms with Gasteiger partial charge in [-0.2, -0.15) is 0 Å². The second-order valence-electron chi connectivity index (χ2n) is 4.36. The van der Waals surface area contributed by atoms with E-state index in [0.717, 1.165) is 0 Å². The smallest absolute Gasteiger partial charge is 0.310 e. The van der Waals surface area contributed by atoms with Crippen LogP contribution in [0.15, 0.2) is 0 Å². The van der Waals surface area contributed by atoms with Gasteiger partial charge in [-0.15, -0.1) is 0 Å². The van der Waals surface area contributed by atoms with Crippen LogP contribution < -0.4 is 5.73 Å². The Labute approximate surface area is 89.2 Å². The van der Waals surface area contributed by atoms with E-state index in [-0.39, 0.29) is 5.91 Å². The third-order valence-corrected chi connectivity index (χ3v) is 3.27. The molecular weight excluding hydrogens is 196 g/mol. The molecule has 0 bridgehead atoms. The molecule has 1 atom stereocenters. The highest BCUT2D eigenvalue weighted by molar-refractivity contribution is 5.85. The Balaban J connectivity index is 2.54. The molecule has 1 rings (SSSR count). The lowest BCUT2D eigenvalue weighted by atomic mass is 9.84. The molecule has 1 amide bonds. The summed E-state index contributed by atoms with van der Waals surface area (Å²) in [5, 5.41) is 8.69. The molecule has 5 nitrogen and oxygen atoms in total. The molecule has 15 heavy (non-hydrogen) atoms. The number of carbonyl (C=O) groups excluding carboxylic acids is 1. The molecule has 0 spiro atoms. The zero-order valence-corrected chi connectivity index (χ0v) is 9.19. The molecule has 0 aromatic rings. The fraction of sp³-hybridized carbons (Fsp3) is 0.800. The van der Waals surface area contributed by atoms with E-state index in [9.17, 15) is 9.59 Å². The molecule has 0 aliphatic carbocycles. The maximum Gasteiger partial charge on any atom is 0.310 e. The Hall–Kier alpha value is -1.10. The van der Waals surface area contributed by atoms with Gasteiger partial charge in [0.05, 0.1) is 11.3 Å². The maximum absolute atomic E-state index is 11.9. The van der Waals surface area contributed by atoms with Gasteiger partial charge in [-0.1, -0.05) is 6.92 Å². The number of carboxylic acid groups (broad SMARTS) is 1. The fourth-order valence-corrected chi connectivity index (χ4v) is 1.57. The molecular formula is C10H18N2O3. The largest absolute Gasteiger partial charge is 0.481 e. The van der Waals surface area contributed by atoms with Gasteiger partial charge >= 0.3 is 5.97 Å². The minimum absolute atomic E-state index is 0.0231. The first-order chi connectivity index (χ1) is 6.94. The van der Waals surface area contributed by atoms with E-state index in [2.05, 4.69) is 0 Å². The summed E-state index contributed by atoms with van der Waals surface area (Å²) in [4.78, 5) is 24.1. The van der Waals surface area contributed by atoms with E-state index >= 15 is 0 Å². The zero-order chi connectivity index (χ0) is 11.6. The number of nitrogens with zero attached hydrogens (tertiary/aromatic N) is 1. The second-order valence-corrected chi connectivity index (χ2v) is 4.36. The van der Waals surface area contributed by atoms with Crippen LogP contribution in [0.3, 0.4) is 0 Å². The molecule has 1 heterocycles. The van der Waals surface area contributed by atoms with Gasteiger partial charge in [-0.3, -0.25) is 9.59 Å². The molecule has 3 N–H and O–H groups in total. The first kappa shape index (κ1) is 12.0. The molecule has 1 unspecified atom stereocenters. The molecule has 1 aliphatic heterocycles. The molecule has 1 fully saturated rings. The summed E-state index contributed by atoms with van der Waals surface area (Å²) in [7, 11) is 0. The third kappa shape index (κ3) is 2.12. The minimum Gasteiger partial charge on any atom is -0.481 e. The molecule has 86 valence electrons. The molecule has 0 saturated carbocycles. The number of nitrogens with two attached hydrogens (primary N) is 1. The normalized spacial score (nSPS) is 20.6. The SMILES string of the molecule is CCC(C)(CN)C(=O)N1CC(C(=O)O)C1. The van der Waals surface area contributed by atoms with E-state index in [0.29, 0.717) is 26.1 Å². The van der Waals surface area contributed by atoms with Crippen LogP contribution in [-0.4, -0.2) is 41.5 Å². The standard InChI is InChI=1S/C10H18N2O3/c1-3-10(2,6-11)9(15)12-4-7(5-12)8(13)14/h7H,3-6,11H2,1-2H3,(H,13,14). The van der Waals surface area contributed by atoms with Gasteiger partial charge in [0.25, 0.3) is 0 Å². The monoisotopic (exact) mass is 214 g/mol. The quantitative estimate of drug-likeness (QED) is 0.684. The maximum atomic E-state index is 11.9. The van der Waals surface area contributed by atoms with Gasteiger partial charge in [-0.25, -0.2) is 0 Å². The number of hydrogen-bond acceptors (Lipinski definition) is 3. The van der Waals surface area contributed by atoms with Crippen molar-refractivity contribution < 1.29 is 14.7 Å². The topological polar surface area (TPSA) is 83.6 Å². The zero-order valence-electron chi connectivity index (χ0n) is 9.19. The minimum atomic E-state index is -0.829. The average Bonchev–Trinajstić information content (AvgIpc) is 2.13. The molecule has 0 aromatic heterocycles. The van der Waals surface area contributed by atoms with E-state index in [1.54, 1.807) is 4.90 Å². The van der Waals surface area contributed by atoms with Gasteiger partial charge in [0.1, 0.15) is 0 Å². The lowest BCUT2D eigenvalue weighted by molar-refractivity contribution is -0.157. The molecule has 0 aromatic carbocycles. The van der Waals surface area contributed by atoms with Crippen molar-refractivity contribution in [3.8, 4) is 0 Å². The van der Waals surface area contributed by atoms with Gasteiger partial charge in [0.15, 0.2) is 0 Å². The number of likely N-dealkylation sites (tertiary alicyclic amines) is 1. The summed E-state index contributed by atoms with van der Waals surface area (Å²) >= 11 is 0. The summed E-state index contributed by atoms with van der Waals surface area (Å²) in [5.74, 6) is -1.25. The van der Waals surface area contributed by atoms with Crippen LogP contribution in [0.1, 0.15) is 20.3 Å². The van der Waals surface area contributed by atoms with Crippen LogP contribution in [0, 0.1) is 11.3 Å². The third-order valence-electron chi connectivity index (χ3n) is 3.27. The van der Waals surface area contributed by atoms with Gasteiger partial charge in [-0.05, 0) is 13.3 Å². The predicted molar refractivity (Wildman–Crippen MR) is 55.2 cm³/mol. The molecule has 1 saturated heterocycles. The van der Waals surface area contributed by atoms with Crippen LogP contribution in [-0.2, 0) is 9.59 Å². The fourth-order valence-electron chi connectivity index (χ4n) is 1.57. The van der Waals surface area contributed by atoms with Gasteiger partial charge < -0.3 is 15.7 Å². The highest BCUT2D eigenvalue weighted by Gasteiger charge is 2.42. The van der Waals surface area contributed by atoms with Crippen molar-refractivity contribution in [1.82, 2.24) is 4.90 Å². The lowest BCUT2D eigenvalue weighted by Gasteiger charge is -2.41. The number of carboxylic acids is 1. The van der Waals surface area contributed by atoms with Crippen molar-refractivity contribution in [3.63, 3.8) is 0 Å². The summed E-state index contributed by atoms with van der Waals surface area (Å²) in [6, 6.07) is 0. The van der Waals surface area contributed by atoms with E-state index in [1.165, 1.54) is 0 Å². The lowest BCUT2D eigenvalue weighted by Crippen LogP contribution is -2.58. The number of amides is 1. The number of carbonyl (C=O) groups is 2. The Morgan fingerprint density at radius 2 is 2.07 bits per heavy atom. The van der Waals surface area contributed by atoms with Crippen molar-refractivity contribution in [3.05, 3.63) is 0 Å².